The molecular formula is C19H21ClN2O. The van der Waals surface area contributed by atoms with E-state index in [9.17, 15) is 5.11 Å². The number of halogens is 1. The molecule has 1 aliphatic heterocycles. The zero-order valence-corrected chi connectivity index (χ0v) is 14.6. The van der Waals surface area contributed by atoms with Crippen molar-refractivity contribution in [2.75, 3.05) is 4.90 Å². The van der Waals surface area contributed by atoms with Gasteiger partial charge in [-0.3, -0.25) is 4.98 Å². The van der Waals surface area contributed by atoms with Crippen molar-refractivity contribution in [2.45, 2.75) is 38.7 Å². The summed E-state index contributed by atoms with van der Waals surface area (Å²) in [7, 11) is 0. The Morgan fingerprint density at radius 2 is 1.91 bits per heavy atom. The smallest absolute Gasteiger partial charge is 0.0875 e. The Balaban J connectivity index is 2.24. The quantitative estimate of drug-likeness (QED) is 0.851. The summed E-state index contributed by atoms with van der Waals surface area (Å²) in [6, 6.07) is 7.85. The van der Waals surface area contributed by atoms with Crippen molar-refractivity contribution >= 4 is 23.0 Å². The van der Waals surface area contributed by atoms with Crippen molar-refractivity contribution in [3.05, 3.63) is 65.1 Å². The standard InChI is InChI=1S/C19H21ClN2O/c1-18(2)9-11-22(16-7-5-6-14(20)17(16)18)15-8-10-21-12-13(15)19(3,4)23/h5-12,23H,1-4H3. The summed E-state index contributed by atoms with van der Waals surface area (Å²) in [6.45, 7) is 7.83. The van der Waals surface area contributed by atoms with Gasteiger partial charge < -0.3 is 10.0 Å². The van der Waals surface area contributed by atoms with Gasteiger partial charge in [0.05, 0.1) is 17.0 Å². The van der Waals surface area contributed by atoms with E-state index in [0.29, 0.717) is 0 Å². The van der Waals surface area contributed by atoms with E-state index in [1.54, 1.807) is 26.2 Å². The van der Waals surface area contributed by atoms with Gasteiger partial charge in [-0.15, -0.1) is 0 Å². The Hall–Kier alpha value is -1.84. The van der Waals surface area contributed by atoms with Crippen LogP contribution in [0.4, 0.5) is 11.4 Å². The minimum atomic E-state index is -0.983. The highest BCUT2D eigenvalue weighted by molar-refractivity contribution is 6.32. The third-order valence-electron chi connectivity index (χ3n) is 4.25. The van der Waals surface area contributed by atoms with Crippen molar-refractivity contribution < 1.29 is 5.11 Å². The second kappa shape index (κ2) is 5.36. The molecular weight excluding hydrogens is 308 g/mol. The van der Waals surface area contributed by atoms with Crippen molar-refractivity contribution in [3.63, 3.8) is 0 Å². The highest BCUT2D eigenvalue weighted by Gasteiger charge is 2.32. The lowest BCUT2D eigenvalue weighted by Gasteiger charge is -2.37. The summed E-state index contributed by atoms with van der Waals surface area (Å²) < 4.78 is 0. The molecule has 0 spiro atoms. The maximum Gasteiger partial charge on any atom is 0.0875 e. The van der Waals surface area contributed by atoms with Crippen LogP contribution in [0.3, 0.4) is 0 Å². The summed E-state index contributed by atoms with van der Waals surface area (Å²) in [6.07, 6.45) is 7.63. The lowest BCUT2D eigenvalue weighted by atomic mass is 9.81. The van der Waals surface area contributed by atoms with Gasteiger partial charge in [-0.1, -0.05) is 37.6 Å². The first-order valence-corrected chi connectivity index (χ1v) is 8.04. The first-order chi connectivity index (χ1) is 10.7. The number of hydrogen-bond donors (Lipinski definition) is 1. The summed E-state index contributed by atoms with van der Waals surface area (Å²) in [5, 5.41) is 11.2. The summed E-state index contributed by atoms with van der Waals surface area (Å²) in [4.78, 5) is 6.24. The van der Waals surface area contributed by atoms with Crippen molar-refractivity contribution in [3.8, 4) is 0 Å². The third-order valence-corrected chi connectivity index (χ3v) is 4.57. The Morgan fingerprint density at radius 1 is 1.17 bits per heavy atom. The van der Waals surface area contributed by atoms with Crippen LogP contribution in [-0.4, -0.2) is 10.1 Å². The summed E-state index contributed by atoms with van der Waals surface area (Å²) in [5.74, 6) is 0. The fraction of sp³-hybridized carbons (Fsp3) is 0.316. The van der Waals surface area contributed by atoms with E-state index < -0.39 is 5.60 Å². The number of aromatic nitrogens is 1. The van der Waals surface area contributed by atoms with Crippen LogP contribution in [0, 0.1) is 0 Å². The zero-order valence-electron chi connectivity index (χ0n) is 13.8. The second-order valence-electron chi connectivity index (χ2n) is 6.99. The molecule has 120 valence electrons. The number of rotatable bonds is 2. The Kier molecular flexibility index (Phi) is 3.74. The largest absolute Gasteiger partial charge is 0.386 e. The van der Waals surface area contributed by atoms with Crippen LogP contribution >= 0.6 is 11.6 Å². The number of nitrogens with zero attached hydrogens (tertiary/aromatic N) is 2. The van der Waals surface area contributed by atoms with E-state index in [0.717, 1.165) is 27.5 Å². The molecule has 23 heavy (non-hydrogen) atoms. The van der Waals surface area contributed by atoms with Gasteiger partial charge in [0.2, 0.25) is 0 Å². The van der Waals surface area contributed by atoms with E-state index in [-0.39, 0.29) is 5.41 Å². The van der Waals surface area contributed by atoms with E-state index in [4.69, 9.17) is 11.6 Å². The van der Waals surface area contributed by atoms with Gasteiger partial charge in [0.25, 0.3) is 0 Å². The molecule has 0 atom stereocenters. The number of hydrogen-bond acceptors (Lipinski definition) is 3. The number of benzene rings is 1. The van der Waals surface area contributed by atoms with Crippen LogP contribution in [-0.2, 0) is 11.0 Å². The van der Waals surface area contributed by atoms with Crippen molar-refractivity contribution in [1.82, 2.24) is 4.98 Å². The minimum Gasteiger partial charge on any atom is -0.386 e. The molecule has 0 saturated heterocycles. The normalized spacial score (nSPS) is 16.3. The van der Waals surface area contributed by atoms with Crippen LogP contribution in [0.1, 0.15) is 38.8 Å². The van der Waals surface area contributed by atoms with E-state index in [1.165, 1.54) is 0 Å². The SMILES string of the molecule is CC(C)(O)c1cnccc1N1C=CC(C)(C)c2c(Cl)cccc21. The topological polar surface area (TPSA) is 36.4 Å². The van der Waals surface area contributed by atoms with Gasteiger partial charge in [-0.05, 0) is 32.0 Å². The maximum absolute atomic E-state index is 10.5. The van der Waals surface area contributed by atoms with Gasteiger partial charge in [0.15, 0.2) is 0 Å². The monoisotopic (exact) mass is 328 g/mol. The molecule has 0 radical (unpaired) electrons. The predicted molar refractivity (Wildman–Crippen MR) is 95.2 cm³/mol. The fourth-order valence-corrected chi connectivity index (χ4v) is 3.47. The van der Waals surface area contributed by atoms with Gasteiger partial charge >= 0.3 is 0 Å². The lowest BCUT2D eigenvalue weighted by molar-refractivity contribution is 0.0788. The van der Waals surface area contributed by atoms with E-state index in [1.807, 2.05) is 24.4 Å². The van der Waals surface area contributed by atoms with Crippen LogP contribution < -0.4 is 4.90 Å². The van der Waals surface area contributed by atoms with Crippen molar-refractivity contribution in [2.24, 2.45) is 0 Å². The molecule has 1 aromatic carbocycles. The minimum absolute atomic E-state index is 0.147. The Labute approximate surface area is 142 Å². The summed E-state index contributed by atoms with van der Waals surface area (Å²) >= 11 is 6.49. The highest BCUT2D eigenvalue weighted by atomic mass is 35.5. The number of anilines is 2. The molecule has 3 rings (SSSR count). The van der Waals surface area contributed by atoms with Gasteiger partial charge in [-0.2, -0.15) is 0 Å². The van der Waals surface area contributed by atoms with Crippen molar-refractivity contribution in [1.29, 1.82) is 0 Å². The molecule has 0 saturated carbocycles. The number of aliphatic hydroxyl groups is 1. The Bertz CT molecular complexity index is 775. The predicted octanol–water partition coefficient (Wildman–Crippen LogP) is 4.91. The van der Waals surface area contributed by atoms with Gasteiger partial charge in [0, 0.05) is 40.2 Å². The molecule has 0 amide bonds. The first-order valence-electron chi connectivity index (χ1n) is 7.66. The molecule has 2 aromatic rings. The average Bonchev–Trinajstić information content (AvgIpc) is 2.46. The number of pyridine rings is 1. The maximum atomic E-state index is 10.5. The molecule has 1 N–H and O–H groups in total. The molecule has 4 heteroatoms. The number of fused-ring (bicyclic) bond motifs is 1. The molecule has 1 aromatic heterocycles. The van der Waals surface area contributed by atoms with Gasteiger partial charge in [-0.25, -0.2) is 0 Å². The van der Waals surface area contributed by atoms with Crippen LogP contribution in [0.25, 0.3) is 0 Å². The molecule has 3 nitrogen and oxygen atoms in total. The molecule has 0 unspecified atom stereocenters. The van der Waals surface area contributed by atoms with Gasteiger partial charge in [0.1, 0.15) is 0 Å². The summed E-state index contributed by atoms with van der Waals surface area (Å²) in [5.41, 5.74) is 2.66. The molecule has 2 heterocycles. The third kappa shape index (κ3) is 2.75. The van der Waals surface area contributed by atoms with E-state index >= 15 is 0 Å². The molecule has 0 aliphatic carbocycles. The molecule has 0 bridgehead atoms. The first kappa shape index (κ1) is 16.0. The highest BCUT2D eigenvalue weighted by Crippen LogP contribution is 2.46. The average molecular weight is 329 g/mol. The van der Waals surface area contributed by atoms with Crippen LogP contribution in [0.15, 0.2) is 48.9 Å². The van der Waals surface area contributed by atoms with E-state index in [2.05, 4.69) is 35.9 Å². The fourth-order valence-electron chi connectivity index (χ4n) is 3.05. The van der Waals surface area contributed by atoms with Crippen LogP contribution in [0.2, 0.25) is 5.02 Å². The second-order valence-corrected chi connectivity index (χ2v) is 7.40. The molecule has 1 aliphatic rings. The molecule has 0 fully saturated rings. The number of allylic oxidation sites excluding steroid dienone is 1. The lowest BCUT2D eigenvalue weighted by Crippen LogP contribution is -2.28. The Morgan fingerprint density at radius 3 is 2.61 bits per heavy atom. The van der Waals surface area contributed by atoms with Crippen LogP contribution in [0.5, 0.6) is 0 Å². The zero-order chi connectivity index (χ0) is 16.8.